The van der Waals surface area contributed by atoms with Crippen LogP contribution in [0.5, 0.6) is 0 Å². The van der Waals surface area contributed by atoms with Crippen LogP contribution < -0.4 is 15.5 Å². The quantitative estimate of drug-likeness (QED) is 0.527. The molecule has 0 saturated carbocycles. The van der Waals surface area contributed by atoms with Crippen LogP contribution in [-0.4, -0.2) is 59.1 Å². The van der Waals surface area contributed by atoms with Crippen LogP contribution in [0.15, 0.2) is 42.7 Å². The van der Waals surface area contributed by atoms with E-state index < -0.39 is 6.04 Å². The number of rotatable bonds is 7. The van der Waals surface area contributed by atoms with E-state index in [-0.39, 0.29) is 18.4 Å². The van der Waals surface area contributed by atoms with Crippen molar-refractivity contribution in [2.75, 3.05) is 31.2 Å². The number of hydrogen-bond acceptors (Lipinski definition) is 6. The number of fused-ring (bicyclic) bond motifs is 1. The molecule has 3 aromatic rings. The first-order valence-corrected chi connectivity index (χ1v) is 10.3. The maximum atomic E-state index is 12.9. The predicted molar refractivity (Wildman–Crippen MR) is 117 cm³/mol. The summed E-state index contributed by atoms with van der Waals surface area (Å²) in [5, 5.41) is 6.65. The van der Waals surface area contributed by atoms with Gasteiger partial charge in [0, 0.05) is 49.7 Å². The van der Waals surface area contributed by atoms with Gasteiger partial charge in [0.1, 0.15) is 17.7 Å². The molecule has 1 aliphatic heterocycles. The molecular weight excluding hydrogens is 396 g/mol. The van der Waals surface area contributed by atoms with Gasteiger partial charge < -0.3 is 25.3 Å². The second-order valence-electron chi connectivity index (χ2n) is 7.47. The summed E-state index contributed by atoms with van der Waals surface area (Å²) in [6.45, 7) is 4.48. The fourth-order valence-corrected chi connectivity index (χ4v) is 3.71. The number of anilines is 1. The first kappa shape index (κ1) is 20.8. The zero-order valence-corrected chi connectivity index (χ0v) is 17.4. The molecule has 0 spiro atoms. The Morgan fingerprint density at radius 1 is 1.23 bits per heavy atom. The number of nitrogens with one attached hydrogen (secondary N) is 3. The Bertz CT molecular complexity index is 1060. The van der Waals surface area contributed by atoms with Gasteiger partial charge in [-0.3, -0.25) is 9.59 Å². The highest BCUT2D eigenvalue weighted by Crippen LogP contribution is 2.19. The molecule has 2 amide bonds. The van der Waals surface area contributed by atoms with Crippen molar-refractivity contribution in [3.05, 3.63) is 54.1 Å². The maximum absolute atomic E-state index is 12.9. The van der Waals surface area contributed by atoms with Crippen molar-refractivity contribution in [1.29, 1.82) is 0 Å². The summed E-state index contributed by atoms with van der Waals surface area (Å²) in [6.07, 6.45) is 3.95. The van der Waals surface area contributed by atoms with Gasteiger partial charge in [0.25, 0.3) is 0 Å². The fourth-order valence-electron chi connectivity index (χ4n) is 3.71. The first-order valence-electron chi connectivity index (χ1n) is 10.3. The molecule has 3 N–H and O–H groups in total. The lowest BCUT2D eigenvalue weighted by Gasteiger charge is -2.27. The number of H-pyrrole nitrogens is 1. The molecule has 0 bridgehead atoms. The van der Waals surface area contributed by atoms with Crippen molar-refractivity contribution in [1.82, 2.24) is 25.6 Å². The van der Waals surface area contributed by atoms with Crippen molar-refractivity contribution in [2.24, 2.45) is 0 Å². The predicted octanol–water partition coefficient (Wildman–Crippen LogP) is 1.16. The van der Waals surface area contributed by atoms with E-state index in [1.807, 2.05) is 36.5 Å². The Kier molecular flexibility index (Phi) is 6.42. The largest absolute Gasteiger partial charge is 0.378 e. The zero-order valence-electron chi connectivity index (χ0n) is 17.4. The van der Waals surface area contributed by atoms with E-state index in [0.29, 0.717) is 25.5 Å². The van der Waals surface area contributed by atoms with Crippen molar-refractivity contribution < 1.29 is 14.3 Å². The van der Waals surface area contributed by atoms with Crippen molar-refractivity contribution in [3.8, 4) is 0 Å². The molecule has 9 nitrogen and oxygen atoms in total. The van der Waals surface area contributed by atoms with Crippen molar-refractivity contribution >= 4 is 28.5 Å². The van der Waals surface area contributed by atoms with Gasteiger partial charge >= 0.3 is 0 Å². The number of aromatic amines is 1. The molecule has 1 fully saturated rings. The molecule has 2 aromatic heterocycles. The molecule has 1 atom stereocenters. The van der Waals surface area contributed by atoms with E-state index in [2.05, 4.69) is 30.5 Å². The van der Waals surface area contributed by atoms with Crippen LogP contribution in [0, 0.1) is 0 Å². The molecule has 9 heteroatoms. The third-order valence-electron chi connectivity index (χ3n) is 5.24. The SMILES string of the molecule is CC(=O)NC(Cc1c[nH]c2ccccc12)C(=O)NCc1nccc(N2CCOCC2)n1. The molecule has 31 heavy (non-hydrogen) atoms. The lowest BCUT2D eigenvalue weighted by Crippen LogP contribution is -2.47. The summed E-state index contributed by atoms with van der Waals surface area (Å²) in [5.41, 5.74) is 1.96. The van der Waals surface area contributed by atoms with E-state index in [0.717, 1.165) is 35.4 Å². The highest BCUT2D eigenvalue weighted by atomic mass is 16.5. The standard InChI is InChI=1S/C22H26N6O3/c1-15(29)26-19(12-16-13-24-18-5-3-2-4-17(16)18)22(30)25-14-20-23-7-6-21(27-20)28-8-10-31-11-9-28/h2-7,13,19,24H,8-12,14H2,1H3,(H,25,30)(H,26,29). The molecule has 1 saturated heterocycles. The average molecular weight is 422 g/mol. The number of ether oxygens (including phenoxy) is 1. The smallest absolute Gasteiger partial charge is 0.243 e. The minimum absolute atomic E-state index is 0.182. The molecule has 4 rings (SSSR count). The number of morpholine rings is 1. The first-order chi connectivity index (χ1) is 15.1. The van der Waals surface area contributed by atoms with E-state index in [1.165, 1.54) is 6.92 Å². The van der Waals surface area contributed by atoms with E-state index in [9.17, 15) is 9.59 Å². The molecule has 1 aromatic carbocycles. The fraction of sp³-hybridized carbons (Fsp3) is 0.364. The third kappa shape index (κ3) is 5.18. The molecule has 0 aliphatic carbocycles. The van der Waals surface area contributed by atoms with Gasteiger partial charge in [0.15, 0.2) is 0 Å². The molecular formula is C22H26N6O3. The zero-order chi connectivity index (χ0) is 21.6. The van der Waals surface area contributed by atoms with Crippen LogP contribution in [-0.2, 0) is 27.3 Å². The number of carbonyl (C=O) groups excluding carboxylic acids is 2. The van der Waals surface area contributed by atoms with Gasteiger partial charge in [0.05, 0.1) is 19.8 Å². The van der Waals surface area contributed by atoms with Gasteiger partial charge in [-0.2, -0.15) is 0 Å². The number of aromatic nitrogens is 3. The van der Waals surface area contributed by atoms with Crippen molar-refractivity contribution in [3.63, 3.8) is 0 Å². The molecule has 162 valence electrons. The van der Waals surface area contributed by atoms with Gasteiger partial charge in [0.2, 0.25) is 11.8 Å². The van der Waals surface area contributed by atoms with E-state index >= 15 is 0 Å². The minimum atomic E-state index is -0.695. The lowest BCUT2D eigenvalue weighted by molar-refractivity contribution is -0.128. The minimum Gasteiger partial charge on any atom is -0.378 e. The highest BCUT2D eigenvalue weighted by molar-refractivity contribution is 5.89. The Labute approximate surface area is 180 Å². The number of para-hydroxylation sites is 1. The Morgan fingerprint density at radius 3 is 2.84 bits per heavy atom. The van der Waals surface area contributed by atoms with Gasteiger partial charge in [-0.05, 0) is 17.7 Å². The van der Waals surface area contributed by atoms with Crippen LogP contribution in [0.25, 0.3) is 10.9 Å². The molecule has 3 heterocycles. The van der Waals surface area contributed by atoms with Crippen LogP contribution >= 0.6 is 0 Å². The van der Waals surface area contributed by atoms with Gasteiger partial charge in [-0.1, -0.05) is 18.2 Å². The average Bonchev–Trinajstić information content (AvgIpc) is 3.20. The van der Waals surface area contributed by atoms with Crippen LogP contribution in [0.4, 0.5) is 5.82 Å². The summed E-state index contributed by atoms with van der Waals surface area (Å²) in [4.78, 5) is 38.7. The summed E-state index contributed by atoms with van der Waals surface area (Å²) in [7, 11) is 0. The summed E-state index contributed by atoms with van der Waals surface area (Å²) in [6, 6.07) is 9.03. The number of hydrogen-bond donors (Lipinski definition) is 3. The second kappa shape index (κ2) is 9.57. The lowest BCUT2D eigenvalue weighted by atomic mass is 10.0. The summed E-state index contributed by atoms with van der Waals surface area (Å²) in [5.74, 6) is 0.803. The number of carbonyl (C=O) groups is 2. The molecule has 1 aliphatic rings. The Morgan fingerprint density at radius 2 is 2.03 bits per heavy atom. The van der Waals surface area contributed by atoms with Crippen molar-refractivity contribution in [2.45, 2.75) is 25.9 Å². The molecule has 1 unspecified atom stereocenters. The van der Waals surface area contributed by atoms with Crippen LogP contribution in [0.2, 0.25) is 0 Å². The van der Waals surface area contributed by atoms with Crippen LogP contribution in [0.1, 0.15) is 18.3 Å². The van der Waals surface area contributed by atoms with E-state index in [1.54, 1.807) is 6.20 Å². The van der Waals surface area contributed by atoms with E-state index in [4.69, 9.17) is 4.74 Å². The highest BCUT2D eigenvalue weighted by Gasteiger charge is 2.22. The van der Waals surface area contributed by atoms with Gasteiger partial charge in [-0.15, -0.1) is 0 Å². The summed E-state index contributed by atoms with van der Waals surface area (Å²) >= 11 is 0. The Balaban J connectivity index is 1.42. The summed E-state index contributed by atoms with van der Waals surface area (Å²) < 4.78 is 5.38. The number of nitrogens with zero attached hydrogens (tertiary/aromatic N) is 3. The third-order valence-corrected chi connectivity index (χ3v) is 5.24. The topological polar surface area (TPSA) is 112 Å². The number of benzene rings is 1. The normalized spacial score (nSPS) is 14.9. The second-order valence-corrected chi connectivity index (χ2v) is 7.47. The maximum Gasteiger partial charge on any atom is 0.243 e. The monoisotopic (exact) mass is 422 g/mol. The van der Waals surface area contributed by atoms with Gasteiger partial charge in [-0.25, -0.2) is 9.97 Å². The van der Waals surface area contributed by atoms with Crippen LogP contribution in [0.3, 0.4) is 0 Å². The Hall–Kier alpha value is -3.46. The molecule has 0 radical (unpaired) electrons. The number of amides is 2.